The van der Waals surface area contributed by atoms with Gasteiger partial charge in [0.1, 0.15) is 11.5 Å². The Hall–Kier alpha value is -2.69. The van der Waals surface area contributed by atoms with E-state index in [9.17, 15) is 4.79 Å². The van der Waals surface area contributed by atoms with Gasteiger partial charge < -0.3 is 20.1 Å². The molecule has 2 rings (SSSR count). The highest BCUT2D eigenvalue weighted by Gasteiger charge is 2.07. The van der Waals surface area contributed by atoms with Gasteiger partial charge in [0, 0.05) is 11.8 Å². The summed E-state index contributed by atoms with van der Waals surface area (Å²) in [6.07, 6.45) is 0. The summed E-state index contributed by atoms with van der Waals surface area (Å²) in [6, 6.07) is 14.0. The second-order valence-corrected chi connectivity index (χ2v) is 4.01. The third-order valence-electron chi connectivity index (χ3n) is 2.68. The first-order valence-corrected chi connectivity index (χ1v) is 6.08. The van der Waals surface area contributed by atoms with Crippen molar-refractivity contribution in [3.8, 4) is 11.5 Å². The molecule has 104 valence electrons. The lowest BCUT2D eigenvalue weighted by Crippen LogP contribution is -2.19. The van der Waals surface area contributed by atoms with E-state index in [1.807, 2.05) is 18.2 Å². The summed E-state index contributed by atoms with van der Waals surface area (Å²) in [5.74, 6) is 1.29. The number of nitrogens with one attached hydrogen (secondary N) is 2. The minimum absolute atomic E-state index is 0.345. The predicted octanol–water partition coefficient (Wildman–Crippen LogP) is 3.35. The molecule has 0 aliphatic heterocycles. The summed E-state index contributed by atoms with van der Waals surface area (Å²) in [6.45, 7) is 0. The zero-order valence-electron chi connectivity index (χ0n) is 11.3. The van der Waals surface area contributed by atoms with Gasteiger partial charge in [0.25, 0.3) is 0 Å². The average Bonchev–Trinajstić information content (AvgIpc) is 2.48. The molecular weight excluding hydrogens is 256 g/mol. The molecule has 0 aliphatic rings. The number of benzene rings is 2. The lowest BCUT2D eigenvalue weighted by molar-refractivity contribution is 0.262. The van der Waals surface area contributed by atoms with Gasteiger partial charge in [-0.3, -0.25) is 0 Å². The summed E-state index contributed by atoms with van der Waals surface area (Å²) < 4.78 is 10.3. The van der Waals surface area contributed by atoms with Crippen LogP contribution in [-0.4, -0.2) is 20.3 Å². The third-order valence-corrected chi connectivity index (χ3v) is 2.68. The van der Waals surface area contributed by atoms with E-state index in [-0.39, 0.29) is 6.03 Å². The fraction of sp³-hybridized carbons (Fsp3) is 0.133. The van der Waals surface area contributed by atoms with E-state index < -0.39 is 0 Å². The number of urea groups is 1. The molecule has 5 nitrogen and oxygen atoms in total. The van der Waals surface area contributed by atoms with Crippen molar-refractivity contribution in [3.05, 3.63) is 48.5 Å². The molecule has 2 aromatic rings. The molecule has 0 atom stereocenters. The number of rotatable bonds is 4. The number of anilines is 2. The van der Waals surface area contributed by atoms with Crippen LogP contribution < -0.4 is 20.1 Å². The van der Waals surface area contributed by atoms with E-state index in [1.165, 1.54) is 0 Å². The van der Waals surface area contributed by atoms with Crippen molar-refractivity contribution in [2.45, 2.75) is 0 Å². The van der Waals surface area contributed by atoms with Gasteiger partial charge in [-0.05, 0) is 24.3 Å². The molecule has 0 saturated carbocycles. The summed E-state index contributed by atoms with van der Waals surface area (Å²) in [5.41, 5.74) is 1.26. The third kappa shape index (κ3) is 3.41. The highest BCUT2D eigenvalue weighted by molar-refractivity contribution is 6.00. The molecule has 0 bridgehead atoms. The quantitative estimate of drug-likeness (QED) is 0.897. The van der Waals surface area contributed by atoms with Crippen LogP contribution in [0.25, 0.3) is 0 Å². The molecule has 0 aromatic heterocycles. The topological polar surface area (TPSA) is 59.6 Å². The summed E-state index contributed by atoms with van der Waals surface area (Å²) in [4.78, 5) is 11.9. The fourth-order valence-electron chi connectivity index (χ4n) is 1.73. The van der Waals surface area contributed by atoms with Crippen LogP contribution in [0.3, 0.4) is 0 Å². The predicted molar refractivity (Wildman–Crippen MR) is 78.6 cm³/mol. The Kier molecular flexibility index (Phi) is 4.44. The number of carbonyl (C=O) groups excluding carboxylic acids is 1. The number of carbonyl (C=O) groups is 1. The van der Waals surface area contributed by atoms with Crippen LogP contribution >= 0.6 is 0 Å². The van der Waals surface area contributed by atoms with E-state index in [0.717, 1.165) is 0 Å². The lowest BCUT2D eigenvalue weighted by atomic mass is 10.3. The normalized spacial score (nSPS) is 9.70. The Morgan fingerprint density at radius 2 is 1.75 bits per heavy atom. The highest BCUT2D eigenvalue weighted by atomic mass is 16.5. The van der Waals surface area contributed by atoms with Crippen molar-refractivity contribution in [2.24, 2.45) is 0 Å². The Labute approximate surface area is 117 Å². The number of amides is 2. The van der Waals surface area contributed by atoms with Crippen molar-refractivity contribution >= 4 is 17.4 Å². The monoisotopic (exact) mass is 272 g/mol. The van der Waals surface area contributed by atoms with Crippen LogP contribution in [0.5, 0.6) is 11.5 Å². The molecule has 20 heavy (non-hydrogen) atoms. The van der Waals surface area contributed by atoms with Gasteiger partial charge in [-0.2, -0.15) is 0 Å². The lowest BCUT2D eigenvalue weighted by Gasteiger charge is -2.11. The minimum Gasteiger partial charge on any atom is -0.497 e. The Morgan fingerprint density at radius 3 is 2.50 bits per heavy atom. The van der Waals surface area contributed by atoms with Gasteiger partial charge in [-0.15, -0.1) is 0 Å². The van der Waals surface area contributed by atoms with Crippen molar-refractivity contribution in [3.63, 3.8) is 0 Å². The highest BCUT2D eigenvalue weighted by Crippen LogP contribution is 2.23. The van der Waals surface area contributed by atoms with Gasteiger partial charge in [-0.25, -0.2) is 4.79 Å². The van der Waals surface area contributed by atoms with E-state index in [1.54, 1.807) is 44.6 Å². The number of para-hydroxylation sites is 2. The number of methoxy groups -OCH3 is 2. The van der Waals surface area contributed by atoms with Gasteiger partial charge in [0.15, 0.2) is 0 Å². The molecule has 0 spiro atoms. The van der Waals surface area contributed by atoms with Crippen molar-refractivity contribution < 1.29 is 14.3 Å². The maximum absolute atomic E-state index is 11.9. The average molecular weight is 272 g/mol. The van der Waals surface area contributed by atoms with E-state index in [4.69, 9.17) is 9.47 Å². The standard InChI is InChI=1S/C15H16N2O3/c1-19-12-7-5-6-11(10-12)16-15(18)17-13-8-3-4-9-14(13)20-2/h3-10H,1-2H3,(H2,16,17,18). The molecule has 0 unspecified atom stereocenters. The van der Waals surface area contributed by atoms with Gasteiger partial charge in [0.05, 0.1) is 19.9 Å². The molecule has 2 amide bonds. The number of hydrogen-bond acceptors (Lipinski definition) is 3. The first kappa shape index (κ1) is 13.7. The molecule has 0 aliphatic carbocycles. The molecule has 0 radical (unpaired) electrons. The van der Waals surface area contributed by atoms with Gasteiger partial charge in [-0.1, -0.05) is 18.2 Å². The summed E-state index contributed by atoms with van der Waals surface area (Å²) in [7, 11) is 3.13. The molecule has 0 saturated heterocycles. The molecule has 0 fully saturated rings. The second-order valence-electron chi connectivity index (χ2n) is 4.01. The Morgan fingerprint density at radius 1 is 0.950 bits per heavy atom. The zero-order chi connectivity index (χ0) is 14.4. The minimum atomic E-state index is -0.345. The van der Waals surface area contributed by atoms with E-state index in [0.29, 0.717) is 22.9 Å². The van der Waals surface area contributed by atoms with Crippen LogP contribution in [0.4, 0.5) is 16.2 Å². The van der Waals surface area contributed by atoms with Crippen LogP contribution in [0, 0.1) is 0 Å². The largest absolute Gasteiger partial charge is 0.497 e. The molecule has 2 N–H and O–H groups in total. The second kappa shape index (κ2) is 6.47. The SMILES string of the molecule is COc1cccc(NC(=O)Nc2ccccc2OC)c1. The van der Waals surface area contributed by atoms with Crippen molar-refractivity contribution in [2.75, 3.05) is 24.9 Å². The maximum Gasteiger partial charge on any atom is 0.323 e. The van der Waals surface area contributed by atoms with Crippen molar-refractivity contribution in [1.29, 1.82) is 0 Å². The van der Waals surface area contributed by atoms with Crippen molar-refractivity contribution in [1.82, 2.24) is 0 Å². The molecular formula is C15H16N2O3. The summed E-state index contributed by atoms with van der Waals surface area (Å²) in [5, 5.41) is 5.46. The van der Waals surface area contributed by atoms with Crippen LogP contribution in [0.15, 0.2) is 48.5 Å². The van der Waals surface area contributed by atoms with Gasteiger partial charge >= 0.3 is 6.03 Å². The van der Waals surface area contributed by atoms with Gasteiger partial charge in [0.2, 0.25) is 0 Å². The first-order valence-electron chi connectivity index (χ1n) is 6.08. The van der Waals surface area contributed by atoms with Crippen LogP contribution in [-0.2, 0) is 0 Å². The fourth-order valence-corrected chi connectivity index (χ4v) is 1.73. The molecule has 2 aromatic carbocycles. The van der Waals surface area contributed by atoms with Crippen LogP contribution in [0.1, 0.15) is 0 Å². The van der Waals surface area contributed by atoms with E-state index >= 15 is 0 Å². The Balaban J connectivity index is 2.05. The molecule has 5 heteroatoms. The molecule has 0 heterocycles. The number of hydrogen-bond donors (Lipinski definition) is 2. The Bertz CT molecular complexity index is 599. The van der Waals surface area contributed by atoms with Crippen LogP contribution in [0.2, 0.25) is 0 Å². The van der Waals surface area contributed by atoms with E-state index in [2.05, 4.69) is 10.6 Å². The summed E-state index contributed by atoms with van der Waals surface area (Å²) >= 11 is 0. The first-order chi connectivity index (χ1) is 9.72. The number of ether oxygens (including phenoxy) is 2. The smallest absolute Gasteiger partial charge is 0.323 e. The maximum atomic E-state index is 11.9. The zero-order valence-corrected chi connectivity index (χ0v) is 11.3.